The second-order valence-electron chi connectivity index (χ2n) is 14.7. The van der Waals surface area contributed by atoms with E-state index in [0.29, 0.717) is 5.69 Å². The first-order chi connectivity index (χ1) is 26.5. The van der Waals surface area contributed by atoms with Gasteiger partial charge in [0.15, 0.2) is 5.69 Å². The predicted octanol–water partition coefficient (Wildman–Crippen LogP) is 13.7. The van der Waals surface area contributed by atoms with Gasteiger partial charge in [-0.2, -0.15) is 0 Å². The van der Waals surface area contributed by atoms with Crippen molar-refractivity contribution in [1.29, 1.82) is 0 Å². The first-order valence-electron chi connectivity index (χ1n) is 18.4. The Balaban J connectivity index is 1.29. The lowest BCUT2D eigenvalue weighted by atomic mass is 9.82. The average molecular weight is 690 g/mol. The number of para-hydroxylation sites is 2. The summed E-state index contributed by atoms with van der Waals surface area (Å²) in [5.41, 5.74) is 17.1. The molecule has 3 heteroatoms. The number of fused-ring (bicyclic) bond motifs is 7. The average Bonchev–Trinajstić information content (AvgIpc) is 3.69. The summed E-state index contributed by atoms with van der Waals surface area (Å²) in [6.45, 7) is 12.8. The smallest absolute Gasteiger partial charge is 0.194 e. The molecule has 54 heavy (non-hydrogen) atoms. The molecule has 2 aromatic heterocycles. The van der Waals surface area contributed by atoms with Gasteiger partial charge in [0.1, 0.15) is 0 Å². The summed E-state index contributed by atoms with van der Waals surface area (Å²) in [5.74, 6) is 0. The molecule has 3 nitrogen and oxygen atoms in total. The minimum Gasteiger partial charge on any atom is -0.309 e. The van der Waals surface area contributed by atoms with E-state index in [1.165, 1.54) is 33.0 Å². The zero-order chi connectivity index (χ0) is 36.4. The van der Waals surface area contributed by atoms with E-state index in [4.69, 9.17) is 11.6 Å². The molecule has 0 radical (unpaired) electrons. The van der Waals surface area contributed by atoms with Gasteiger partial charge in [-0.25, -0.2) is 9.83 Å². The van der Waals surface area contributed by atoms with Crippen LogP contribution in [-0.2, 0) is 5.41 Å². The maximum Gasteiger partial charge on any atom is 0.194 e. The third-order valence-electron chi connectivity index (χ3n) is 11.2. The predicted molar refractivity (Wildman–Crippen MR) is 224 cm³/mol. The lowest BCUT2D eigenvalue weighted by molar-refractivity contribution is 0.661. The summed E-state index contributed by atoms with van der Waals surface area (Å²) >= 11 is 0. The molecule has 10 rings (SSSR count). The highest BCUT2D eigenvalue weighted by Crippen LogP contribution is 2.53. The van der Waals surface area contributed by atoms with Gasteiger partial charge >= 0.3 is 0 Å². The zero-order valence-electron chi connectivity index (χ0n) is 30.1. The zero-order valence-corrected chi connectivity index (χ0v) is 30.1. The summed E-state index contributed by atoms with van der Waals surface area (Å²) < 4.78 is 2.41. The molecule has 0 saturated carbocycles. The van der Waals surface area contributed by atoms with Crippen molar-refractivity contribution in [2.45, 2.75) is 19.3 Å². The van der Waals surface area contributed by atoms with Crippen molar-refractivity contribution in [2.24, 2.45) is 0 Å². The van der Waals surface area contributed by atoms with Crippen molar-refractivity contribution in [3.8, 4) is 61.6 Å². The molecule has 254 valence electrons. The Morgan fingerprint density at radius 2 is 1.13 bits per heavy atom. The van der Waals surface area contributed by atoms with Crippen LogP contribution in [0.1, 0.15) is 25.0 Å². The molecular weight excluding hydrogens is 655 g/mol. The molecule has 1 aliphatic carbocycles. The van der Waals surface area contributed by atoms with E-state index in [0.717, 1.165) is 61.5 Å². The third-order valence-corrected chi connectivity index (χ3v) is 11.2. The summed E-state index contributed by atoms with van der Waals surface area (Å²) in [4.78, 5) is 9.29. The van der Waals surface area contributed by atoms with Crippen LogP contribution in [0.4, 0.5) is 5.69 Å². The number of nitrogens with zero attached hydrogens (tertiary/aromatic N) is 3. The highest BCUT2D eigenvalue weighted by Gasteiger charge is 2.37. The van der Waals surface area contributed by atoms with Gasteiger partial charge in [-0.3, -0.25) is 0 Å². The Labute approximate surface area is 315 Å². The minimum atomic E-state index is -0.105. The Morgan fingerprint density at radius 3 is 1.91 bits per heavy atom. The van der Waals surface area contributed by atoms with Gasteiger partial charge in [-0.15, -0.1) is 0 Å². The second-order valence-corrected chi connectivity index (χ2v) is 14.7. The van der Waals surface area contributed by atoms with Crippen LogP contribution in [0, 0.1) is 6.57 Å². The fraction of sp³-hybridized carbons (Fsp3) is 0.0588. The summed E-state index contributed by atoms with van der Waals surface area (Å²) in [5, 5.41) is 2.49. The molecule has 0 N–H and O–H groups in total. The van der Waals surface area contributed by atoms with Crippen LogP contribution in [0.5, 0.6) is 0 Å². The number of pyridine rings is 1. The summed E-state index contributed by atoms with van der Waals surface area (Å²) in [6, 6.07) is 62.2. The second kappa shape index (κ2) is 12.3. The molecule has 9 aromatic rings. The summed E-state index contributed by atoms with van der Waals surface area (Å²) in [6.07, 6.45) is 0. The van der Waals surface area contributed by atoms with Gasteiger partial charge < -0.3 is 4.57 Å². The monoisotopic (exact) mass is 689 g/mol. The Bertz CT molecular complexity index is 2900. The maximum atomic E-state index is 8.08. The lowest BCUT2D eigenvalue weighted by Gasteiger charge is -2.21. The van der Waals surface area contributed by atoms with Gasteiger partial charge in [0.25, 0.3) is 0 Å². The van der Waals surface area contributed by atoms with E-state index >= 15 is 0 Å². The molecule has 0 atom stereocenters. The number of aromatic nitrogens is 2. The molecule has 2 heterocycles. The fourth-order valence-electron chi connectivity index (χ4n) is 8.62. The minimum absolute atomic E-state index is 0.105. The molecule has 0 unspecified atom stereocenters. The molecule has 0 amide bonds. The first kappa shape index (κ1) is 31.7. The standard InChI is InChI=1S/C51H35N3/c1-51(2)42-23-13-10-21-40(42)49-43(51)26-27-48-50(49)41-22-12-15-25-47(41)54(48)38-29-36(39-20-11-14-24-44(39)52-3)28-37(30-38)46-32-35(33-16-6-4-7-17-33)31-45(53-46)34-18-8-5-9-19-34/h4-32H,1-2H3. The van der Waals surface area contributed by atoms with E-state index in [9.17, 15) is 0 Å². The molecule has 0 aliphatic heterocycles. The molecule has 0 bridgehead atoms. The summed E-state index contributed by atoms with van der Waals surface area (Å²) in [7, 11) is 0. The van der Waals surface area contributed by atoms with E-state index in [1.54, 1.807) is 0 Å². The molecule has 0 fully saturated rings. The largest absolute Gasteiger partial charge is 0.309 e. The van der Waals surface area contributed by atoms with Crippen LogP contribution in [0.15, 0.2) is 176 Å². The number of hydrogen-bond acceptors (Lipinski definition) is 1. The highest BCUT2D eigenvalue weighted by atomic mass is 15.0. The van der Waals surface area contributed by atoms with Crippen molar-refractivity contribution >= 4 is 27.5 Å². The fourth-order valence-corrected chi connectivity index (χ4v) is 8.62. The van der Waals surface area contributed by atoms with E-state index < -0.39 is 0 Å². The molecule has 7 aromatic carbocycles. The lowest BCUT2D eigenvalue weighted by Crippen LogP contribution is -2.14. The van der Waals surface area contributed by atoms with E-state index in [-0.39, 0.29) is 5.41 Å². The number of hydrogen-bond donors (Lipinski definition) is 0. The van der Waals surface area contributed by atoms with Gasteiger partial charge in [-0.1, -0.05) is 147 Å². The normalized spacial score (nSPS) is 12.8. The number of benzene rings is 7. The van der Waals surface area contributed by atoms with E-state index in [2.05, 4.69) is 175 Å². The molecule has 0 spiro atoms. The highest BCUT2D eigenvalue weighted by molar-refractivity contribution is 6.18. The first-order valence-corrected chi connectivity index (χ1v) is 18.4. The quantitative estimate of drug-likeness (QED) is 0.165. The van der Waals surface area contributed by atoms with Gasteiger partial charge in [0, 0.05) is 33.0 Å². The Morgan fingerprint density at radius 1 is 0.500 bits per heavy atom. The van der Waals surface area contributed by atoms with E-state index in [1.807, 2.05) is 24.3 Å². The van der Waals surface area contributed by atoms with Crippen LogP contribution in [-0.4, -0.2) is 9.55 Å². The topological polar surface area (TPSA) is 22.2 Å². The maximum absolute atomic E-state index is 8.08. The molecule has 0 saturated heterocycles. The van der Waals surface area contributed by atoms with Crippen LogP contribution in [0.3, 0.4) is 0 Å². The SMILES string of the molecule is [C-]#[N+]c1ccccc1-c1cc(-c2cc(-c3ccccc3)cc(-c3ccccc3)n2)cc(-n2c3ccccc3c3c4c(ccc32)C(C)(C)c2ccccc2-4)c1. The van der Waals surface area contributed by atoms with Crippen molar-refractivity contribution in [3.63, 3.8) is 0 Å². The molecular formula is C51H35N3. The van der Waals surface area contributed by atoms with Crippen molar-refractivity contribution in [1.82, 2.24) is 9.55 Å². The Kier molecular flexibility index (Phi) is 7.22. The van der Waals surface area contributed by atoms with Crippen LogP contribution < -0.4 is 0 Å². The molecule has 1 aliphatic rings. The van der Waals surface area contributed by atoms with Crippen molar-refractivity contribution < 1.29 is 0 Å². The van der Waals surface area contributed by atoms with Gasteiger partial charge in [0.05, 0.1) is 29.0 Å². The van der Waals surface area contributed by atoms with Crippen molar-refractivity contribution in [2.75, 3.05) is 0 Å². The third kappa shape index (κ3) is 4.92. The van der Waals surface area contributed by atoms with Crippen molar-refractivity contribution in [3.05, 3.63) is 198 Å². The van der Waals surface area contributed by atoms with Crippen LogP contribution in [0.2, 0.25) is 0 Å². The van der Waals surface area contributed by atoms with Gasteiger partial charge in [-0.05, 0) is 87.0 Å². The Hall–Kier alpha value is -7.02. The van der Waals surface area contributed by atoms with Crippen LogP contribution >= 0.6 is 0 Å². The number of rotatable bonds is 5. The van der Waals surface area contributed by atoms with Gasteiger partial charge in [0.2, 0.25) is 0 Å². The van der Waals surface area contributed by atoms with Crippen LogP contribution in [0.25, 0.3) is 88.2 Å².